The van der Waals surface area contributed by atoms with Crippen molar-refractivity contribution in [1.82, 2.24) is 4.90 Å². The Bertz CT molecular complexity index is 463. The van der Waals surface area contributed by atoms with E-state index in [4.69, 9.17) is 14.6 Å². The number of aliphatic carboxylic acids is 1. The minimum atomic E-state index is -0.974. The number of hydrogen-bond donors (Lipinski definition) is 2. The molecule has 0 spiro atoms. The third kappa shape index (κ3) is 4.61. The fraction of sp³-hybridized carbons (Fsp3) is 0.533. The van der Waals surface area contributed by atoms with E-state index < -0.39 is 12.0 Å². The molecule has 0 bridgehead atoms. The summed E-state index contributed by atoms with van der Waals surface area (Å²) in [5.74, 6) is 0.148. The van der Waals surface area contributed by atoms with E-state index in [0.717, 1.165) is 0 Å². The third-order valence-corrected chi connectivity index (χ3v) is 3.01. The van der Waals surface area contributed by atoms with Crippen molar-refractivity contribution in [1.29, 1.82) is 0 Å². The van der Waals surface area contributed by atoms with E-state index in [9.17, 15) is 9.90 Å². The average molecular weight is 297 g/mol. The normalized spacial score (nSPS) is 12.2. The van der Waals surface area contributed by atoms with E-state index in [1.165, 1.54) is 0 Å². The molecule has 1 aromatic carbocycles. The maximum absolute atomic E-state index is 11.5. The van der Waals surface area contributed by atoms with Gasteiger partial charge in [0.1, 0.15) is 6.04 Å². The second-order valence-corrected chi connectivity index (χ2v) is 4.52. The van der Waals surface area contributed by atoms with Gasteiger partial charge in [-0.1, -0.05) is 6.07 Å². The summed E-state index contributed by atoms with van der Waals surface area (Å²) in [5, 5.41) is 18.4. The largest absolute Gasteiger partial charge is 0.490 e. The highest BCUT2D eigenvalue weighted by Gasteiger charge is 2.25. The number of carbonyl (C=O) groups is 1. The van der Waals surface area contributed by atoms with Crippen LogP contribution in [0.15, 0.2) is 18.2 Å². The number of carboxylic acids is 1. The van der Waals surface area contributed by atoms with Gasteiger partial charge >= 0.3 is 5.97 Å². The lowest BCUT2D eigenvalue weighted by Crippen LogP contribution is -2.33. The van der Waals surface area contributed by atoms with Gasteiger partial charge in [-0.15, -0.1) is 0 Å². The zero-order valence-corrected chi connectivity index (χ0v) is 12.7. The first kappa shape index (κ1) is 17.3. The van der Waals surface area contributed by atoms with Crippen molar-refractivity contribution in [3.05, 3.63) is 23.8 Å². The number of aliphatic hydroxyl groups is 1. The topological polar surface area (TPSA) is 79.2 Å². The van der Waals surface area contributed by atoms with Crippen molar-refractivity contribution < 1.29 is 24.5 Å². The molecule has 2 N–H and O–H groups in total. The highest BCUT2D eigenvalue weighted by atomic mass is 16.5. The molecule has 1 rings (SSSR count). The maximum atomic E-state index is 11.5. The quantitative estimate of drug-likeness (QED) is 0.719. The van der Waals surface area contributed by atoms with Crippen LogP contribution >= 0.6 is 0 Å². The molecule has 1 unspecified atom stereocenters. The molecule has 0 fully saturated rings. The summed E-state index contributed by atoms with van der Waals surface area (Å²) in [6.07, 6.45) is 0. The fourth-order valence-electron chi connectivity index (χ4n) is 2.11. The molecule has 0 amide bonds. The van der Waals surface area contributed by atoms with Gasteiger partial charge in [0.25, 0.3) is 0 Å². The Labute approximate surface area is 124 Å². The summed E-state index contributed by atoms with van der Waals surface area (Å²) >= 11 is 0. The predicted octanol–water partition coefficient (Wildman–Crippen LogP) is 1.53. The Kier molecular flexibility index (Phi) is 6.98. The van der Waals surface area contributed by atoms with Crippen LogP contribution in [0.25, 0.3) is 0 Å². The number of ether oxygens (including phenoxy) is 2. The van der Waals surface area contributed by atoms with Gasteiger partial charge in [0.2, 0.25) is 0 Å². The van der Waals surface area contributed by atoms with Gasteiger partial charge in [-0.25, -0.2) is 0 Å². The molecule has 1 aromatic rings. The molecule has 0 aliphatic rings. The fourth-order valence-corrected chi connectivity index (χ4v) is 2.11. The van der Waals surface area contributed by atoms with Crippen molar-refractivity contribution in [2.45, 2.75) is 19.9 Å². The van der Waals surface area contributed by atoms with Gasteiger partial charge in [0.05, 0.1) is 19.8 Å². The van der Waals surface area contributed by atoms with Gasteiger partial charge in [-0.05, 0) is 38.6 Å². The van der Waals surface area contributed by atoms with Crippen LogP contribution in [0.1, 0.15) is 25.5 Å². The number of hydrogen-bond acceptors (Lipinski definition) is 5. The molecule has 0 saturated heterocycles. The number of nitrogens with zero attached hydrogens (tertiary/aromatic N) is 1. The summed E-state index contributed by atoms with van der Waals surface area (Å²) < 4.78 is 11.0. The number of carboxylic acid groups (broad SMARTS) is 1. The van der Waals surface area contributed by atoms with Crippen LogP contribution in [-0.2, 0) is 4.79 Å². The lowest BCUT2D eigenvalue weighted by molar-refractivity contribution is -0.143. The number of likely N-dealkylation sites (N-methyl/N-ethyl adjacent to an activating group) is 1. The predicted molar refractivity (Wildman–Crippen MR) is 78.9 cm³/mol. The molecule has 0 aliphatic carbocycles. The Hall–Kier alpha value is -1.79. The molecule has 0 aromatic heterocycles. The van der Waals surface area contributed by atoms with Crippen LogP contribution in [0.2, 0.25) is 0 Å². The summed E-state index contributed by atoms with van der Waals surface area (Å²) in [4.78, 5) is 13.1. The minimum Gasteiger partial charge on any atom is -0.490 e. The van der Waals surface area contributed by atoms with Crippen LogP contribution in [0.4, 0.5) is 0 Å². The van der Waals surface area contributed by atoms with Crippen LogP contribution < -0.4 is 9.47 Å². The molecular weight excluding hydrogens is 274 g/mol. The van der Waals surface area contributed by atoms with E-state index in [1.54, 1.807) is 30.1 Å². The van der Waals surface area contributed by atoms with Gasteiger partial charge < -0.3 is 19.7 Å². The molecule has 0 saturated carbocycles. The summed E-state index contributed by atoms with van der Waals surface area (Å²) in [6.45, 7) is 4.87. The van der Waals surface area contributed by atoms with Crippen LogP contribution in [0, 0.1) is 0 Å². The van der Waals surface area contributed by atoms with Gasteiger partial charge in [-0.3, -0.25) is 9.69 Å². The monoisotopic (exact) mass is 297 g/mol. The van der Waals surface area contributed by atoms with Crippen molar-refractivity contribution >= 4 is 5.97 Å². The van der Waals surface area contributed by atoms with Crippen LogP contribution in [0.5, 0.6) is 11.5 Å². The molecule has 0 aliphatic heterocycles. The van der Waals surface area contributed by atoms with Crippen molar-refractivity contribution in [2.75, 3.05) is 33.4 Å². The van der Waals surface area contributed by atoms with E-state index in [0.29, 0.717) is 30.3 Å². The number of benzene rings is 1. The standard InChI is InChI=1S/C15H23NO5/c1-4-20-12-7-6-11(10-13(12)21-5-2)14(15(18)19)16(3)8-9-17/h6-7,10,14,17H,4-5,8-9H2,1-3H3,(H,18,19). The maximum Gasteiger partial charge on any atom is 0.325 e. The van der Waals surface area contributed by atoms with Gasteiger partial charge in [-0.2, -0.15) is 0 Å². The molecule has 0 radical (unpaired) electrons. The lowest BCUT2D eigenvalue weighted by Gasteiger charge is -2.25. The second-order valence-electron chi connectivity index (χ2n) is 4.52. The first-order valence-corrected chi connectivity index (χ1v) is 6.98. The second kappa shape index (κ2) is 8.49. The van der Waals surface area contributed by atoms with Crippen molar-refractivity contribution in [3.8, 4) is 11.5 Å². The highest BCUT2D eigenvalue weighted by Crippen LogP contribution is 2.32. The SMILES string of the molecule is CCOc1ccc(C(C(=O)O)N(C)CCO)cc1OCC. The zero-order chi connectivity index (χ0) is 15.8. The van der Waals surface area contributed by atoms with Crippen molar-refractivity contribution in [3.63, 3.8) is 0 Å². The first-order valence-electron chi connectivity index (χ1n) is 6.98. The molecular formula is C15H23NO5. The molecule has 1 atom stereocenters. The lowest BCUT2D eigenvalue weighted by atomic mass is 10.0. The van der Waals surface area contributed by atoms with E-state index >= 15 is 0 Å². The first-order chi connectivity index (χ1) is 10.0. The van der Waals surface area contributed by atoms with Crippen LogP contribution in [-0.4, -0.2) is 54.5 Å². The number of aliphatic hydroxyl groups excluding tert-OH is 1. The molecule has 118 valence electrons. The third-order valence-electron chi connectivity index (χ3n) is 3.01. The summed E-state index contributed by atoms with van der Waals surface area (Å²) in [6, 6.07) is 4.26. The van der Waals surface area contributed by atoms with E-state index in [2.05, 4.69) is 0 Å². The molecule has 6 heteroatoms. The zero-order valence-electron chi connectivity index (χ0n) is 12.7. The van der Waals surface area contributed by atoms with E-state index in [-0.39, 0.29) is 13.2 Å². The Balaban J connectivity index is 3.14. The molecule has 6 nitrogen and oxygen atoms in total. The average Bonchev–Trinajstić information content (AvgIpc) is 2.42. The smallest absolute Gasteiger partial charge is 0.325 e. The Morgan fingerprint density at radius 1 is 1.24 bits per heavy atom. The minimum absolute atomic E-state index is 0.102. The Morgan fingerprint density at radius 3 is 2.38 bits per heavy atom. The Morgan fingerprint density at radius 2 is 1.86 bits per heavy atom. The van der Waals surface area contributed by atoms with Crippen LogP contribution in [0.3, 0.4) is 0 Å². The summed E-state index contributed by atoms with van der Waals surface area (Å²) in [7, 11) is 1.66. The molecule has 21 heavy (non-hydrogen) atoms. The molecule has 0 heterocycles. The summed E-state index contributed by atoms with van der Waals surface area (Å²) in [5.41, 5.74) is 0.588. The van der Waals surface area contributed by atoms with Crippen molar-refractivity contribution in [2.24, 2.45) is 0 Å². The number of rotatable bonds is 9. The van der Waals surface area contributed by atoms with Gasteiger partial charge in [0.15, 0.2) is 11.5 Å². The van der Waals surface area contributed by atoms with E-state index in [1.807, 2.05) is 13.8 Å². The van der Waals surface area contributed by atoms with Gasteiger partial charge in [0, 0.05) is 6.54 Å². The highest BCUT2D eigenvalue weighted by molar-refractivity contribution is 5.76.